The van der Waals surface area contributed by atoms with E-state index in [4.69, 9.17) is 11.6 Å². The molecule has 1 aromatic carbocycles. The zero-order valence-corrected chi connectivity index (χ0v) is 10.6. The molecule has 1 amide bonds. The smallest absolute Gasteiger partial charge is 0.216 e. The molecule has 0 radical (unpaired) electrons. The van der Waals surface area contributed by atoms with Gasteiger partial charge in [-0.05, 0) is 24.6 Å². The number of carbonyl (C=O) groups is 1. The number of phenolic OH excluding ortho intramolecular Hbond substituents is 1. The number of halogens is 1. The fraction of sp³-hybridized carbons (Fsp3) is 0.308. The second-order valence-electron chi connectivity index (χ2n) is 3.66. The van der Waals surface area contributed by atoms with Crippen LogP contribution < -0.4 is 5.32 Å². The number of hydrogen-bond donors (Lipinski definition) is 2. The monoisotopic (exact) mass is 251 g/mol. The van der Waals surface area contributed by atoms with Crippen LogP contribution in [0.4, 0.5) is 0 Å². The normalized spacial score (nSPS) is 9.35. The first-order chi connectivity index (χ1) is 8.00. The molecule has 0 aromatic heterocycles. The summed E-state index contributed by atoms with van der Waals surface area (Å²) >= 11 is 5.83. The molecule has 17 heavy (non-hydrogen) atoms. The van der Waals surface area contributed by atoms with Crippen LogP contribution in [0.1, 0.15) is 24.5 Å². The minimum atomic E-state index is -0.0599. The second-order valence-corrected chi connectivity index (χ2v) is 4.07. The lowest BCUT2D eigenvalue weighted by Gasteiger charge is -2.01. The Balaban J connectivity index is 2.63. The van der Waals surface area contributed by atoms with E-state index in [0.717, 1.165) is 5.56 Å². The number of aryl methyl sites for hydroxylation is 1. The standard InChI is InChI=1S/C13H14ClNO2/c1-9-7-11(8-12(14)13(9)17)5-3-4-6-15-10(2)16/h7-8,17H,4,6H2,1-2H3,(H,15,16). The third-order valence-corrected chi connectivity index (χ3v) is 2.40. The van der Waals surface area contributed by atoms with Crippen molar-refractivity contribution in [3.05, 3.63) is 28.3 Å². The predicted molar refractivity (Wildman–Crippen MR) is 68.0 cm³/mol. The molecule has 2 N–H and O–H groups in total. The van der Waals surface area contributed by atoms with Crippen molar-refractivity contribution >= 4 is 17.5 Å². The van der Waals surface area contributed by atoms with Gasteiger partial charge in [-0.1, -0.05) is 23.4 Å². The van der Waals surface area contributed by atoms with Gasteiger partial charge in [0.1, 0.15) is 5.75 Å². The molecule has 3 nitrogen and oxygen atoms in total. The van der Waals surface area contributed by atoms with Crippen LogP contribution in [0.2, 0.25) is 5.02 Å². The Kier molecular flexibility index (Phi) is 4.86. The third-order valence-electron chi connectivity index (χ3n) is 2.11. The summed E-state index contributed by atoms with van der Waals surface area (Å²) < 4.78 is 0. The molecule has 0 bridgehead atoms. The Morgan fingerprint density at radius 2 is 2.24 bits per heavy atom. The quantitative estimate of drug-likeness (QED) is 0.626. The highest BCUT2D eigenvalue weighted by molar-refractivity contribution is 6.32. The summed E-state index contributed by atoms with van der Waals surface area (Å²) in [6.07, 6.45) is 0.580. The Morgan fingerprint density at radius 3 is 2.82 bits per heavy atom. The highest BCUT2D eigenvalue weighted by Gasteiger charge is 2.02. The third kappa shape index (κ3) is 4.38. The van der Waals surface area contributed by atoms with Crippen LogP contribution in [-0.4, -0.2) is 17.6 Å². The molecule has 0 spiro atoms. The van der Waals surface area contributed by atoms with Crippen molar-refractivity contribution < 1.29 is 9.90 Å². The Hall–Kier alpha value is -1.66. The summed E-state index contributed by atoms with van der Waals surface area (Å²) in [5.41, 5.74) is 1.46. The van der Waals surface area contributed by atoms with Crippen molar-refractivity contribution in [1.82, 2.24) is 5.32 Å². The number of carbonyl (C=O) groups excluding carboxylic acids is 1. The molecule has 90 valence electrons. The highest BCUT2D eigenvalue weighted by atomic mass is 35.5. The minimum Gasteiger partial charge on any atom is -0.506 e. The van der Waals surface area contributed by atoms with Gasteiger partial charge in [-0.3, -0.25) is 4.79 Å². The summed E-state index contributed by atoms with van der Waals surface area (Å²) in [6, 6.07) is 3.39. The van der Waals surface area contributed by atoms with E-state index in [0.29, 0.717) is 23.6 Å². The molecule has 4 heteroatoms. The molecule has 0 aliphatic heterocycles. The molecular formula is C13H14ClNO2. The molecule has 1 rings (SSSR count). The molecule has 1 aromatic rings. The fourth-order valence-corrected chi connectivity index (χ4v) is 1.54. The van der Waals surface area contributed by atoms with Crippen molar-refractivity contribution in [1.29, 1.82) is 0 Å². The lowest BCUT2D eigenvalue weighted by Crippen LogP contribution is -2.20. The Labute approximate surface area is 106 Å². The van der Waals surface area contributed by atoms with Gasteiger partial charge < -0.3 is 10.4 Å². The van der Waals surface area contributed by atoms with E-state index >= 15 is 0 Å². The first kappa shape index (κ1) is 13.4. The van der Waals surface area contributed by atoms with E-state index in [1.54, 1.807) is 19.1 Å². The van der Waals surface area contributed by atoms with Crippen LogP contribution in [0.25, 0.3) is 0 Å². The first-order valence-corrected chi connectivity index (χ1v) is 5.61. The van der Waals surface area contributed by atoms with Crippen molar-refractivity contribution in [2.24, 2.45) is 0 Å². The summed E-state index contributed by atoms with van der Waals surface area (Å²) in [4.78, 5) is 10.6. The number of rotatable bonds is 2. The Morgan fingerprint density at radius 1 is 1.53 bits per heavy atom. The molecule has 0 unspecified atom stereocenters. The lowest BCUT2D eigenvalue weighted by molar-refractivity contribution is -0.118. The minimum absolute atomic E-state index is 0.0599. The predicted octanol–water partition coefficient (Wildman–Crippen LogP) is 2.23. The van der Waals surface area contributed by atoms with Crippen LogP contribution in [0, 0.1) is 18.8 Å². The lowest BCUT2D eigenvalue weighted by atomic mass is 10.1. The molecule has 0 saturated carbocycles. The number of hydrogen-bond acceptors (Lipinski definition) is 2. The van der Waals surface area contributed by atoms with Gasteiger partial charge in [-0.2, -0.15) is 0 Å². The molecular weight excluding hydrogens is 238 g/mol. The zero-order valence-electron chi connectivity index (χ0n) is 9.80. The van der Waals surface area contributed by atoms with Crippen LogP contribution >= 0.6 is 11.6 Å². The Bertz CT molecular complexity index is 463. The number of aromatic hydroxyl groups is 1. The largest absolute Gasteiger partial charge is 0.506 e. The van der Waals surface area contributed by atoms with E-state index in [2.05, 4.69) is 17.2 Å². The average molecular weight is 252 g/mol. The van der Waals surface area contributed by atoms with Gasteiger partial charge in [0.15, 0.2) is 0 Å². The first-order valence-electron chi connectivity index (χ1n) is 5.23. The van der Waals surface area contributed by atoms with Gasteiger partial charge in [0.2, 0.25) is 5.91 Å². The van der Waals surface area contributed by atoms with Crippen LogP contribution in [0.15, 0.2) is 12.1 Å². The highest BCUT2D eigenvalue weighted by Crippen LogP contribution is 2.27. The molecule has 0 fully saturated rings. The molecule has 0 saturated heterocycles. The molecule has 0 aliphatic carbocycles. The average Bonchev–Trinajstić information content (AvgIpc) is 2.25. The van der Waals surface area contributed by atoms with Gasteiger partial charge >= 0.3 is 0 Å². The van der Waals surface area contributed by atoms with Gasteiger partial charge in [0.25, 0.3) is 0 Å². The number of phenols is 1. The number of amides is 1. The molecule has 0 heterocycles. The van der Waals surface area contributed by atoms with Crippen molar-refractivity contribution in [2.75, 3.05) is 6.54 Å². The fourth-order valence-electron chi connectivity index (χ4n) is 1.27. The van der Waals surface area contributed by atoms with E-state index in [1.165, 1.54) is 6.92 Å². The van der Waals surface area contributed by atoms with Gasteiger partial charge in [0.05, 0.1) is 5.02 Å². The maximum Gasteiger partial charge on any atom is 0.216 e. The maximum absolute atomic E-state index is 10.6. The maximum atomic E-state index is 10.6. The number of benzene rings is 1. The summed E-state index contributed by atoms with van der Waals surface area (Å²) in [5, 5.41) is 12.4. The zero-order chi connectivity index (χ0) is 12.8. The SMILES string of the molecule is CC(=O)NCCC#Cc1cc(C)c(O)c(Cl)c1. The van der Waals surface area contributed by atoms with E-state index in [9.17, 15) is 9.90 Å². The van der Waals surface area contributed by atoms with Crippen molar-refractivity contribution in [3.8, 4) is 17.6 Å². The second kappa shape index (κ2) is 6.17. The van der Waals surface area contributed by atoms with Crippen LogP contribution in [0.5, 0.6) is 5.75 Å². The van der Waals surface area contributed by atoms with Crippen LogP contribution in [-0.2, 0) is 4.79 Å². The topological polar surface area (TPSA) is 49.3 Å². The summed E-state index contributed by atoms with van der Waals surface area (Å²) in [7, 11) is 0. The van der Waals surface area contributed by atoms with E-state index in [-0.39, 0.29) is 11.7 Å². The van der Waals surface area contributed by atoms with E-state index < -0.39 is 0 Å². The van der Waals surface area contributed by atoms with Gasteiger partial charge in [-0.25, -0.2) is 0 Å². The van der Waals surface area contributed by atoms with Crippen molar-refractivity contribution in [3.63, 3.8) is 0 Å². The summed E-state index contributed by atoms with van der Waals surface area (Å²) in [5.74, 6) is 5.89. The van der Waals surface area contributed by atoms with E-state index in [1.807, 2.05) is 0 Å². The van der Waals surface area contributed by atoms with Gasteiger partial charge in [-0.15, -0.1) is 0 Å². The number of nitrogens with one attached hydrogen (secondary N) is 1. The van der Waals surface area contributed by atoms with Crippen LogP contribution in [0.3, 0.4) is 0 Å². The van der Waals surface area contributed by atoms with Crippen molar-refractivity contribution in [2.45, 2.75) is 20.3 Å². The molecule has 0 aliphatic rings. The summed E-state index contributed by atoms with van der Waals surface area (Å²) in [6.45, 7) is 3.77. The molecule has 0 atom stereocenters. The van der Waals surface area contributed by atoms with Gasteiger partial charge in [0, 0.05) is 25.5 Å².